The lowest BCUT2D eigenvalue weighted by Crippen LogP contribution is -2.34. The van der Waals surface area contributed by atoms with E-state index in [0.29, 0.717) is 17.2 Å². The van der Waals surface area contributed by atoms with Gasteiger partial charge < -0.3 is 20.1 Å². The summed E-state index contributed by atoms with van der Waals surface area (Å²) in [6, 6.07) is 6.67. The Kier molecular flexibility index (Phi) is 7.08. The van der Waals surface area contributed by atoms with Gasteiger partial charge in [0.1, 0.15) is 23.1 Å². The summed E-state index contributed by atoms with van der Waals surface area (Å²) in [6.45, 7) is 0.379. The van der Waals surface area contributed by atoms with E-state index in [1.807, 2.05) is 0 Å². The molecule has 0 atom stereocenters. The van der Waals surface area contributed by atoms with Crippen molar-refractivity contribution in [1.82, 2.24) is 10.2 Å². The summed E-state index contributed by atoms with van der Waals surface area (Å²) in [6.07, 6.45) is 1.24. The van der Waals surface area contributed by atoms with E-state index in [4.69, 9.17) is 9.47 Å². The number of hydrogen-bond acceptors (Lipinski definition) is 8. The Bertz CT molecular complexity index is 802. The standard InChI is InChI=1S/C17H18N4O5S/c1-25-12-3-4-14(26-2)13(7-12)20-16(23)11(8-18)9-19-5-6-21-15(22)10-27-17(21)24/h3-4,7,9,19H,5-6,10H2,1-2H3,(H,20,23)/b11-9-. The van der Waals surface area contributed by atoms with Gasteiger partial charge in [-0.15, -0.1) is 0 Å². The lowest BCUT2D eigenvalue weighted by atomic mass is 10.2. The third-order valence-corrected chi connectivity index (χ3v) is 4.45. The molecule has 0 bridgehead atoms. The van der Waals surface area contributed by atoms with Crippen LogP contribution in [0.5, 0.6) is 11.5 Å². The van der Waals surface area contributed by atoms with Crippen LogP contribution in [0.25, 0.3) is 0 Å². The molecule has 0 aliphatic carbocycles. The van der Waals surface area contributed by atoms with E-state index in [-0.39, 0.29) is 35.6 Å². The molecule has 0 radical (unpaired) electrons. The molecular formula is C17H18N4O5S. The Morgan fingerprint density at radius 3 is 2.74 bits per heavy atom. The number of rotatable bonds is 8. The fraction of sp³-hybridized carbons (Fsp3) is 0.294. The number of nitrogens with one attached hydrogen (secondary N) is 2. The average molecular weight is 390 g/mol. The Hall–Kier alpha value is -3.19. The summed E-state index contributed by atoms with van der Waals surface area (Å²) >= 11 is 0.951. The van der Waals surface area contributed by atoms with Crippen molar-refractivity contribution in [2.45, 2.75) is 0 Å². The second-order valence-electron chi connectivity index (χ2n) is 5.24. The highest BCUT2D eigenvalue weighted by Gasteiger charge is 2.29. The molecule has 2 N–H and O–H groups in total. The summed E-state index contributed by atoms with van der Waals surface area (Å²) in [5.74, 6) is 0.185. The average Bonchev–Trinajstić information content (AvgIpc) is 2.99. The maximum atomic E-state index is 12.3. The van der Waals surface area contributed by atoms with Crippen molar-refractivity contribution in [2.75, 3.05) is 38.4 Å². The lowest BCUT2D eigenvalue weighted by molar-refractivity contribution is -0.124. The van der Waals surface area contributed by atoms with Crippen LogP contribution in [0.2, 0.25) is 0 Å². The third kappa shape index (κ3) is 5.15. The summed E-state index contributed by atoms with van der Waals surface area (Å²) in [5, 5.41) is 14.3. The van der Waals surface area contributed by atoms with Crippen LogP contribution in [0.15, 0.2) is 30.0 Å². The van der Waals surface area contributed by atoms with Crippen molar-refractivity contribution in [2.24, 2.45) is 0 Å². The van der Waals surface area contributed by atoms with E-state index in [2.05, 4.69) is 10.6 Å². The highest BCUT2D eigenvalue weighted by atomic mass is 32.2. The summed E-state index contributed by atoms with van der Waals surface area (Å²) in [7, 11) is 2.95. The third-order valence-electron chi connectivity index (χ3n) is 3.59. The van der Waals surface area contributed by atoms with Gasteiger partial charge in [0, 0.05) is 25.4 Å². The number of benzene rings is 1. The molecule has 1 saturated heterocycles. The number of thioether (sulfide) groups is 1. The number of nitrogens with zero attached hydrogens (tertiary/aromatic N) is 2. The van der Waals surface area contributed by atoms with Gasteiger partial charge in [-0.3, -0.25) is 19.3 Å². The number of ether oxygens (including phenoxy) is 2. The van der Waals surface area contributed by atoms with Crippen LogP contribution < -0.4 is 20.1 Å². The predicted octanol–water partition coefficient (Wildman–Crippen LogP) is 1.33. The minimum absolute atomic E-state index is 0.142. The monoisotopic (exact) mass is 390 g/mol. The fourth-order valence-electron chi connectivity index (χ4n) is 2.20. The molecule has 1 aliphatic rings. The number of amides is 3. The maximum absolute atomic E-state index is 12.3. The molecule has 142 valence electrons. The zero-order chi connectivity index (χ0) is 19.8. The van der Waals surface area contributed by atoms with Crippen LogP contribution in [-0.2, 0) is 9.59 Å². The number of nitriles is 1. The zero-order valence-electron chi connectivity index (χ0n) is 14.8. The summed E-state index contributed by atoms with van der Waals surface area (Å²) < 4.78 is 10.3. The number of imide groups is 1. The minimum Gasteiger partial charge on any atom is -0.497 e. The first-order chi connectivity index (χ1) is 13.0. The molecule has 1 heterocycles. The first-order valence-corrected chi connectivity index (χ1v) is 8.83. The van der Waals surface area contributed by atoms with Gasteiger partial charge in [0.15, 0.2) is 0 Å². The first kappa shape index (κ1) is 20.1. The van der Waals surface area contributed by atoms with Crippen molar-refractivity contribution in [3.8, 4) is 17.6 Å². The fourth-order valence-corrected chi connectivity index (χ4v) is 2.95. The van der Waals surface area contributed by atoms with Gasteiger partial charge in [-0.1, -0.05) is 11.8 Å². The van der Waals surface area contributed by atoms with Crippen LogP contribution in [0.4, 0.5) is 10.5 Å². The molecule has 27 heavy (non-hydrogen) atoms. The number of carbonyl (C=O) groups excluding carboxylic acids is 3. The smallest absolute Gasteiger partial charge is 0.288 e. The van der Waals surface area contributed by atoms with E-state index in [1.54, 1.807) is 24.3 Å². The molecule has 9 nitrogen and oxygen atoms in total. The van der Waals surface area contributed by atoms with Gasteiger partial charge in [0.05, 0.1) is 25.7 Å². The highest BCUT2D eigenvalue weighted by Crippen LogP contribution is 2.29. The van der Waals surface area contributed by atoms with E-state index in [9.17, 15) is 19.6 Å². The topological polar surface area (TPSA) is 121 Å². The second kappa shape index (κ2) is 9.49. The van der Waals surface area contributed by atoms with Gasteiger partial charge in [0.25, 0.3) is 11.1 Å². The first-order valence-electron chi connectivity index (χ1n) is 7.84. The van der Waals surface area contributed by atoms with Crippen LogP contribution in [0.3, 0.4) is 0 Å². The van der Waals surface area contributed by atoms with Crippen molar-refractivity contribution in [3.63, 3.8) is 0 Å². The molecule has 1 fully saturated rings. The number of carbonyl (C=O) groups is 3. The number of methoxy groups -OCH3 is 2. The molecule has 0 unspecified atom stereocenters. The molecule has 1 aromatic carbocycles. The van der Waals surface area contributed by atoms with Crippen LogP contribution in [0, 0.1) is 11.3 Å². The van der Waals surface area contributed by atoms with E-state index in [0.717, 1.165) is 16.7 Å². The van der Waals surface area contributed by atoms with E-state index < -0.39 is 5.91 Å². The zero-order valence-corrected chi connectivity index (χ0v) is 15.6. The van der Waals surface area contributed by atoms with Gasteiger partial charge >= 0.3 is 0 Å². The largest absolute Gasteiger partial charge is 0.497 e. The van der Waals surface area contributed by atoms with Crippen LogP contribution in [-0.4, -0.2) is 55.0 Å². The minimum atomic E-state index is -0.638. The molecule has 0 saturated carbocycles. The van der Waals surface area contributed by atoms with Crippen LogP contribution >= 0.6 is 11.8 Å². The molecule has 10 heteroatoms. The quantitative estimate of drug-likeness (QED) is 0.387. The number of hydrogen-bond donors (Lipinski definition) is 2. The van der Waals surface area contributed by atoms with E-state index in [1.165, 1.54) is 20.4 Å². The SMILES string of the molecule is COc1ccc(OC)c(NC(=O)/C(C#N)=C\NCCN2C(=O)CSC2=O)c1. The summed E-state index contributed by atoms with van der Waals surface area (Å²) in [4.78, 5) is 36.4. The normalized spacial score (nSPS) is 14.0. The Morgan fingerprint density at radius 2 is 2.15 bits per heavy atom. The van der Waals surface area contributed by atoms with E-state index >= 15 is 0 Å². The van der Waals surface area contributed by atoms with Crippen molar-refractivity contribution >= 4 is 34.5 Å². The van der Waals surface area contributed by atoms with Crippen molar-refractivity contribution in [1.29, 1.82) is 5.26 Å². The molecule has 0 aromatic heterocycles. The molecule has 0 spiro atoms. The summed E-state index contributed by atoms with van der Waals surface area (Å²) in [5.41, 5.74) is 0.182. The van der Waals surface area contributed by atoms with Crippen molar-refractivity contribution in [3.05, 3.63) is 30.0 Å². The molecule has 1 aliphatic heterocycles. The Morgan fingerprint density at radius 1 is 1.37 bits per heavy atom. The molecular weight excluding hydrogens is 372 g/mol. The lowest BCUT2D eigenvalue weighted by Gasteiger charge is -2.13. The second-order valence-corrected chi connectivity index (χ2v) is 6.17. The highest BCUT2D eigenvalue weighted by molar-refractivity contribution is 8.14. The molecule has 2 rings (SSSR count). The van der Waals surface area contributed by atoms with Crippen molar-refractivity contribution < 1.29 is 23.9 Å². The van der Waals surface area contributed by atoms with Gasteiger partial charge in [-0.2, -0.15) is 5.26 Å². The van der Waals surface area contributed by atoms with Gasteiger partial charge in [0.2, 0.25) is 5.91 Å². The Balaban J connectivity index is 1.97. The van der Waals surface area contributed by atoms with Gasteiger partial charge in [-0.05, 0) is 12.1 Å². The van der Waals surface area contributed by atoms with Gasteiger partial charge in [-0.25, -0.2) is 0 Å². The maximum Gasteiger partial charge on any atom is 0.288 e. The molecule has 3 amide bonds. The molecule has 1 aromatic rings. The van der Waals surface area contributed by atoms with Crippen LogP contribution in [0.1, 0.15) is 0 Å². The predicted molar refractivity (Wildman–Crippen MR) is 99.4 cm³/mol. The Labute approximate surface area is 160 Å². The number of anilines is 1.